The van der Waals surface area contributed by atoms with E-state index < -0.39 is 18.6 Å². The number of nitrogen functional groups attached to an aromatic ring is 1. The molecule has 0 spiro atoms. The standard InChI is InChI=1S/C18H19F3N4O3/c1-9-5-10(16(26)27)6-13(28-4-2-3-18(19,20)21)14(9)15-11-7-23-8-12(11)24-17(22)25-15/h5-6,23H,2-4,7-8H2,1H3,(H,26,27)(H2,22,24,25). The van der Waals surface area contributed by atoms with Crippen LogP contribution in [0.25, 0.3) is 11.3 Å². The lowest BCUT2D eigenvalue weighted by Gasteiger charge is -2.17. The first kappa shape index (κ1) is 19.9. The third kappa shape index (κ3) is 4.33. The molecular weight excluding hydrogens is 377 g/mol. The molecule has 0 saturated heterocycles. The van der Waals surface area contributed by atoms with E-state index in [-0.39, 0.29) is 30.3 Å². The minimum Gasteiger partial charge on any atom is -0.493 e. The van der Waals surface area contributed by atoms with E-state index >= 15 is 0 Å². The van der Waals surface area contributed by atoms with Gasteiger partial charge in [0.15, 0.2) is 0 Å². The number of nitrogens with zero attached hydrogens (tertiary/aromatic N) is 2. The van der Waals surface area contributed by atoms with Crippen LogP contribution in [0.1, 0.15) is 40.0 Å². The molecule has 2 heterocycles. The smallest absolute Gasteiger partial charge is 0.389 e. The molecule has 4 N–H and O–H groups in total. The highest BCUT2D eigenvalue weighted by atomic mass is 19.4. The van der Waals surface area contributed by atoms with E-state index in [4.69, 9.17) is 10.5 Å². The van der Waals surface area contributed by atoms with Crippen LogP contribution in [0, 0.1) is 6.92 Å². The van der Waals surface area contributed by atoms with Crippen LogP contribution in [0.3, 0.4) is 0 Å². The highest BCUT2D eigenvalue weighted by Crippen LogP contribution is 2.38. The number of aromatic carboxylic acids is 1. The lowest BCUT2D eigenvalue weighted by atomic mass is 9.97. The van der Waals surface area contributed by atoms with Crippen molar-refractivity contribution in [3.63, 3.8) is 0 Å². The SMILES string of the molecule is Cc1cc(C(=O)O)cc(OCCCC(F)(F)F)c1-c1nc(N)nc2c1CNC2. The van der Waals surface area contributed by atoms with Crippen LogP contribution < -0.4 is 15.8 Å². The summed E-state index contributed by atoms with van der Waals surface area (Å²) in [6.07, 6.45) is -5.51. The van der Waals surface area contributed by atoms with Crippen molar-refractivity contribution in [2.24, 2.45) is 0 Å². The van der Waals surface area contributed by atoms with E-state index in [9.17, 15) is 23.1 Å². The zero-order valence-corrected chi connectivity index (χ0v) is 15.1. The fourth-order valence-electron chi connectivity index (χ4n) is 3.14. The molecule has 7 nitrogen and oxygen atoms in total. The van der Waals surface area contributed by atoms with Gasteiger partial charge in [-0.2, -0.15) is 13.2 Å². The summed E-state index contributed by atoms with van der Waals surface area (Å²) in [5.74, 6) is -0.946. The van der Waals surface area contributed by atoms with Gasteiger partial charge in [-0.25, -0.2) is 14.8 Å². The molecule has 0 fully saturated rings. The molecule has 1 aliphatic heterocycles. The van der Waals surface area contributed by atoms with E-state index in [1.807, 2.05) is 0 Å². The average molecular weight is 396 g/mol. The van der Waals surface area contributed by atoms with Crippen LogP contribution in [0.4, 0.5) is 19.1 Å². The molecular formula is C18H19F3N4O3. The minimum atomic E-state index is -4.28. The number of carboxylic acids is 1. The number of anilines is 1. The molecule has 0 bridgehead atoms. The predicted molar refractivity (Wildman–Crippen MR) is 94.9 cm³/mol. The summed E-state index contributed by atoms with van der Waals surface area (Å²) in [5, 5.41) is 12.5. The normalized spacial score (nSPS) is 13.4. The molecule has 0 aliphatic carbocycles. The number of carbonyl (C=O) groups is 1. The summed E-state index contributed by atoms with van der Waals surface area (Å²) in [6, 6.07) is 2.76. The zero-order chi connectivity index (χ0) is 20.5. The number of ether oxygens (including phenoxy) is 1. The molecule has 3 rings (SSSR count). The van der Waals surface area contributed by atoms with E-state index in [0.717, 1.165) is 11.3 Å². The molecule has 0 saturated carbocycles. The fraction of sp³-hybridized carbons (Fsp3) is 0.389. The first-order valence-electron chi connectivity index (χ1n) is 8.59. The van der Waals surface area contributed by atoms with Crippen molar-refractivity contribution in [1.29, 1.82) is 0 Å². The number of aromatic nitrogens is 2. The first-order valence-corrected chi connectivity index (χ1v) is 8.59. The van der Waals surface area contributed by atoms with Crippen LogP contribution in [0.5, 0.6) is 5.75 Å². The maximum Gasteiger partial charge on any atom is 0.389 e. The third-order valence-corrected chi connectivity index (χ3v) is 4.35. The van der Waals surface area contributed by atoms with Gasteiger partial charge in [-0.3, -0.25) is 0 Å². The number of carboxylic acid groups (broad SMARTS) is 1. The van der Waals surface area contributed by atoms with Crippen molar-refractivity contribution in [2.75, 3.05) is 12.3 Å². The number of rotatable bonds is 6. The molecule has 2 aromatic rings. The number of nitrogens with one attached hydrogen (secondary N) is 1. The Morgan fingerprint density at radius 1 is 1.32 bits per heavy atom. The Morgan fingerprint density at radius 2 is 2.07 bits per heavy atom. The van der Waals surface area contributed by atoms with Gasteiger partial charge in [-0.05, 0) is 31.0 Å². The fourth-order valence-corrected chi connectivity index (χ4v) is 3.14. The van der Waals surface area contributed by atoms with Crippen LogP contribution in [-0.2, 0) is 13.1 Å². The molecule has 0 radical (unpaired) electrons. The highest BCUT2D eigenvalue weighted by molar-refractivity contribution is 5.90. The Labute approximate surface area is 158 Å². The van der Waals surface area contributed by atoms with Crippen molar-refractivity contribution in [2.45, 2.75) is 39.0 Å². The summed E-state index contributed by atoms with van der Waals surface area (Å²) in [6.45, 7) is 2.50. The number of halogens is 3. The number of nitrogens with two attached hydrogens (primary N) is 1. The van der Waals surface area contributed by atoms with Gasteiger partial charge in [-0.15, -0.1) is 0 Å². The monoisotopic (exact) mass is 396 g/mol. The second kappa shape index (κ2) is 7.63. The number of alkyl halides is 3. The van der Waals surface area contributed by atoms with Crippen molar-refractivity contribution < 1.29 is 27.8 Å². The summed E-state index contributed by atoms with van der Waals surface area (Å²) in [7, 11) is 0. The second-order valence-electron chi connectivity index (χ2n) is 6.50. The van der Waals surface area contributed by atoms with Gasteiger partial charge < -0.3 is 20.9 Å². The molecule has 0 amide bonds. The zero-order valence-electron chi connectivity index (χ0n) is 15.1. The van der Waals surface area contributed by atoms with E-state index in [1.54, 1.807) is 6.92 Å². The number of benzene rings is 1. The summed E-state index contributed by atoms with van der Waals surface area (Å²) in [5.41, 5.74) is 8.88. The Morgan fingerprint density at radius 3 is 2.75 bits per heavy atom. The minimum absolute atomic E-state index is 0.0242. The number of hydrogen-bond acceptors (Lipinski definition) is 6. The molecule has 10 heteroatoms. The van der Waals surface area contributed by atoms with Crippen LogP contribution in [0.15, 0.2) is 12.1 Å². The predicted octanol–water partition coefficient (Wildman–Crippen LogP) is 3.06. The molecule has 150 valence electrons. The highest BCUT2D eigenvalue weighted by Gasteiger charge is 2.27. The lowest BCUT2D eigenvalue weighted by molar-refractivity contribution is -0.136. The van der Waals surface area contributed by atoms with Gasteiger partial charge >= 0.3 is 12.1 Å². The van der Waals surface area contributed by atoms with Crippen LogP contribution in [-0.4, -0.2) is 33.8 Å². The molecule has 0 atom stereocenters. The molecule has 28 heavy (non-hydrogen) atoms. The maximum absolute atomic E-state index is 12.4. The van der Waals surface area contributed by atoms with E-state index in [0.29, 0.717) is 29.9 Å². The summed E-state index contributed by atoms with van der Waals surface area (Å²) >= 11 is 0. The second-order valence-corrected chi connectivity index (χ2v) is 6.50. The van der Waals surface area contributed by atoms with Gasteiger partial charge in [0, 0.05) is 30.6 Å². The Balaban J connectivity index is 2.02. The molecule has 1 aliphatic rings. The Bertz CT molecular complexity index is 916. The van der Waals surface area contributed by atoms with Gasteiger partial charge in [0.1, 0.15) is 5.75 Å². The van der Waals surface area contributed by atoms with Crippen molar-refractivity contribution >= 4 is 11.9 Å². The first-order chi connectivity index (χ1) is 13.2. The van der Waals surface area contributed by atoms with Gasteiger partial charge in [0.25, 0.3) is 0 Å². The third-order valence-electron chi connectivity index (χ3n) is 4.35. The molecule has 1 aromatic heterocycles. The van der Waals surface area contributed by atoms with Gasteiger partial charge in [0.2, 0.25) is 5.95 Å². The van der Waals surface area contributed by atoms with Crippen molar-refractivity contribution in [3.8, 4) is 17.0 Å². The topological polar surface area (TPSA) is 110 Å². The van der Waals surface area contributed by atoms with Gasteiger partial charge in [0.05, 0.1) is 23.6 Å². The average Bonchev–Trinajstić information content (AvgIpc) is 3.05. The number of hydrogen-bond donors (Lipinski definition) is 3. The van der Waals surface area contributed by atoms with Crippen LogP contribution >= 0.6 is 0 Å². The van der Waals surface area contributed by atoms with E-state index in [1.165, 1.54) is 12.1 Å². The molecule has 1 aromatic carbocycles. The number of aryl methyl sites for hydroxylation is 1. The quantitative estimate of drug-likeness (QED) is 0.644. The maximum atomic E-state index is 12.4. The Kier molecular flexibility index (Phi) is 5.41. The van der Waals surface area contributed by atoms with Gasteiger partial charge in [-0.1, -0.05) is 0 Å². The summed E-state index contributed by atoms with van der Waals surface area (Å²) < 4.78 is 42.7. The van der Waals surface area contributed by atoms with Crippen molar-refractivity contribution in [1.82, 2.24) is 15.3 Å². The summed E-state index contributed by atoms with van der Waals surface area (Å²) in [4.78, 5) is 19.9. The molecule has 0 unspecified atom stereocenters. The number of fused-ring (bicyclic) bond motifs is 1. The van der Waals surface area contributed by atoms with Crippen molar-refractivity contribution in [3.05, 3.63) is 34.5 Å². The van der Waals surface area contributed by atoms with E-state index in [2.05, 4.69) is 15.3 Å². The lowest BCUT2D eigenvalue weighted by Crippen LogP contribution is -2.11. The largest absolute Gasteiger partial charge is 0.493 e. The van der Waals surface area contributed by atoms with Crippen LogP contribution in [0.2, 0.25) is 0 Å². The Hall–Kier alpha value is -2.88.